The van der Waals surface area contributed by atoms with Crippen molar-refractivity contribution < 1.29 is 0 Å². The van der Waals surface area contributed by atoms with Crippen LogP contribution >= 0.6 is 0 Å². The summed E-state index contributed by atoms with van der Waals surface area (Å²) in [5.74, 6) is 0.648. The summed E-state index contributed by atoms with van der Waals surface area (Å²) in [4.78, 5) is 0. The first-order chi connectivity index (χ1) is 9.50. The van der Waals surface area contributed by atoms with Gasteiger partial charge in [0.1, 0.15) is 0 Å². The van der Waals surface area contributed by atoms with Crippen LogP contribution in [0.5, 0.6) is 0 Å². The minimum absolute atomic E-state index is 0.101. The second-order valence-corrected chi connectivity index (χ2v) is 6.95. The molecule has 0 amide bonds. The normalized spacial score (nSPS) is 26.4. The molecule has 20 heavy (non-hydrogen) atoms. The average Bonchev–Trinajstić information content (AvgIpc) is 2.44. The second kappa shape index (κ2) is 8.02. The van der Waals surface area contributed by atoms with Crippen molar-refractivity contribution in [2.45, 2.75) is 84.6 Å². The summed E-state index contributed by atoms with van der Waals surface area (Å²) in [5.41, 5.74) is 6.90. The van der Waals surface area contributed by atoms with E-state index in [-0.39, 0.29) is 11.0 Å². The van der Waals surface area contributed by atoms with E-state index in [1.165, 1.54) is 38.5 Å². The highest BCUT2D eigenvalue weighted by Crippen LogP contribution is 2.48. The Labute approximate surface area is 126 Å². The molecule has 0 heterocycles. The van der Waals surface area contributed by atoms with Crippen molar-refractivity contribution in [3.05, 3.63) is 24.3 Å². The molecule has 2 N–H and O–H groups in total. The van der Waals surface area contributed by atoms with Gasteiger partial charge in [-0.2, -0.15) is 0 Å². The zero-order valence-electron chi connectivity index (χ0n) is 14.1. The molecular formula is C19H35N. The number of rotatable bonds is 9. The van der Waals surface area contributed by atoms with Gasteiger partial charge in [-0.3, -0.25) is 0 Å². The fourth-order valence-electron chi connectivity index (χ4n) is 3.83. The Balaban J connectivity index is 2.81. The Hall–Kier alpha value is -0.560. The summed E-state index contributed by atoms with van der Waals surface area (Å²) < 4.78 is 0. The van der Waals surface area contributed by atoms with Crippen LogP contribution in [0.4, 0.5) is 0 Å². The molecule has 1 aliphatic carbocycles. The number of hydrogen-bond donors (Lipinski definition) is 1. The van der Waals surface area contributed by atoms with Crippen LogP contribution in [0.25, 0.3) is 0 Å². The number of allylic oxidation sites excluding steroid dienone is 3. The van der Waals surface area contributed by atoms with Crippen molar-refractivity contribution in [2.75, 3.05) is 0 Å². The number of hydrogen-bond acceptors (Lipinski definition) is 1. The second-order valence-electron chi connectivity index (χ2n) is 6.95. The van der Waals surface area contributed by atoms with Gasteiger partial charge in [0.05, 0.1) is 0 Å². The first-order valence-electron chi connectivity index (χ1n) is 8.63. The van der Waals surface area contributed by atoms with Crippen LogP contribution in [0.2, 0.25) is 0 Å². The molecule has 1 nitrogen and oxygen atoms in total. The molecule has 0 fully saturated rings. The maximum Gasteiger partial charge on any atom is 0.0223 e. The Morgan fingerprint density at radius 1 is 1.15 bits per heavy atom. The van der Waals surface area contributed by atoms with Gasteiger partial charge in [-0.25, -0.2) is 0 Å². The van der Waals surface area contributed by atoms with Gasteiger partial charge in [-0.05, 0) is 25.7 Å². The van der Waals surface area contributed by atoms with Crippen molar-refractivity contribution >= 4 is 0 Å². The molecule has 3 atom stereocenters. The molecule has 0 radical (unpaired) electrons. The van der Waals surface area contributed by atoms with Crippen LogP contribution in [0.3, 0.4) is 0 Å². The van der Waals surface area contributed by atoms with E-state index in [0.29, 0.717) is 5.92 Å². The van der Waals surface area contributed by atoms with Crippen LogP contribution in [-0.2, 0) is 0 Å². The Bertz CT molecular complexity index is 327. The highest BCUT2D eigenvalue weighted by Gasteiger charge is 2.46. The fraction of sp³-hybridized carbons (Fsp3) is 0.789. The van der Waals surface area contributed by atoms with Crippen LogP contribution in [0.15, 0.2) is 24.3 Å². The third kappa shape index (κ3) is 3.97. The molecule has 1 heteroatoms. The van der Waals surface area contributed by atoms with Crippen LogP contribution < -0.4 is 5.73 Å². The minimum atomic E-state index is -0.101. The van der Waals surface area contributed by atoms with Gasteiger partial charge in [0, 0.05) is 11.0 Å². The molecular weight excluding hydrogens is 242 g/mol. The molecule has 0 spiro atoms. The van der Waals surface area contributed by atoms with E-state index in [2.05, 4.69) is 52.0 Å². The van der Waals surface area contributed by atoms with Crippen LogP contribution in [0.1, 0.15) is 79.1 Å². The van der Waals surface area contributed by atoms with E-state index >= 15 is 0 Å². The van der Waals surface area contributed by atoms with Crippen molar-refractivity contribution in [2.24, 2.45) is 17.1 Å². The Morgan fingerprint density at radius 2 is 1.90 bits per heavy atom. The van der Waals surface area contributed by atoms with E-state index in [0.717, 1.165) is 12.8 Å². The summed E-state index contributed by atoms with van der Waals surface area (Å²) in [6, 6.07) is 0. The highest BCUT2D eigenvalue weighted by atomic mass is 14.8. The van der Waals surface area contributed by atoms with Gasteiger partial charge in [-0.1, -0.05) is 83.6 Å². The third-order valence-corrected chi connectivity index (χ3v) is 5.31. The molecule has 116 valence electrons. The Kier molecular flexibility index (Phi) is 7.02. The molecule has 1 rings (SSSR count). The number of nitrogens with two attached hydrogens (primary N) is 1. The largest absolute Gasteiger partial charge is 0.325 e. The predicted molar refractivity (Wildman–Crippen MR) is 90.8 cm³/mol. The highest BCUT2D eigenvalue weighted by molar-refractivity contribution is 5.23. The smallest absolute Gasteiger partial charge is 0.0223 e. The van der Waals surface area contributed by atoms with E-state index in [1.807, 2.05) is 0 Å². The average molecular weight is 277 g/mol. The van der Waals surface area contributed by atoms with Gasteiger partial charge >= 0.3 is 0 Å². The lowest BCUT2D eigenvalue weighted by Crippen LogP contribution is -2.55. The maximum absolute atomic E-state index is 6.85. The van der Waals surface area contributed by atoms with Crippen molar-refractivity contribution in [1.29, 1.82) is 0 Å². The zero-order chi connectivity index (χ0) is 15.1. The van der Waals surface area contributed by atoms with Gasteiger partial charge in [0.15, 0.2) is 0 Å². The van der Waals surface area contributed by atoms with Gasteiger partial charge < -0.3 is 5.73 Å². The Morgan fingerprint density at radius 3 is 2.45 bits per heavy atom. The summed E-state index contributed by atoms with van der Waals surface area (Å²) >= 11 is 0. The molecule has 0 aromatic carbocycles. The first-order valence-corrected chi connectivity index (χ1v) is 8.63. The van der Waals surface area contributed by atoms with Crippen molar-refractivity contribution in [1.82, 2.24) is 0 Å². The van der Waals surface area contributed by atoms with E-state index in [4.69, 9.17) is 5.73 Å². The summed E-state index contributed by atoms with van der Waals surface area (Å²) in [6.07, 6.45) is 19.1. The summed E-state index contributed by atoms with van der Waals surface area (Å²) in [6.45, 7) is 9.22. The summed E-state index contributed by atoms with van der Waals surface area (Å²) in [5, 5.41) is 0. The molecule has 0 aromatic rings. The SMILES string of the molecule is CCCCCCC(C)(N)C1(C(C)CCC)C=CC=CC1. The molecule has 0 saturated heterocycles. The summed E-state index contributed by atoms with van der Waals surface area (Å²) in [7, 11) is 0. The monoisotopic (exact) mass is 277 g/mol. The van der Waals surface area contributed by atoms with Gasteiger partial charge in [-0.15, -0.1) is 0 Å². The van der Waals surface area contributed by atoms with Gasteiger partial charge in [0.2, 0.25) is 0 Å². The molecule has 3 unspecified atom stereocenters. The minimum Gasteiger partial charge on any atom is -0.325 e. The lowest BCUT2D eigenvalue weighted by atomic mass is 9.58. The zero-order valence-corrected chi connectivity index (χ0v) is 14.1. The lowest BCUT2D eigenvalue weighted by molar-refractivity contribution is 0.102. The molecule has 1 aliphatic rings. The standard InChI is InChI=1S/C19H35N/c1-5-7-8-10-14-18(4,20)19(17(3)13-6-2)15-11-9-12-16-19/h9,11-12,15,17H,5-8,10,13-14,16,20H2,1-4H3. The van der Waals surface area contributed by atoms with Crippen LogP contribution in [-0.4, -0.2) is 5.54 Å². The fourth-order valence-corrected chi connectivity index (χ4v) is 3.83. The predicted octanol–water partition coefficient (Wildman–Crippen LogP) is 5.61. The molecule has 0 saturated carbocycles. The molecule has 0 aromatic heterocycles. The van der Waals surface area contributed by atoms with Crippen molar-refractivity contribution in [3.8, 4) is 0 Å². The van der Waals surface area contributed by atoms with Crippen molar-refractivity contribution in [3.63, 3.8) is 0 Å². The third-order valence-electron chi connectivity index (χ3n) is 5.31. The topological polar surface area (TPSA) is 26.0 Å². The van der Waals surface area contributed by atoms with E-state index in [1.54, 1.807) is 0 Å². The van der Waals surface area contributed by atoms with Crippen LogP contribution in [0, 0.1) is 11.3 Å². The quantitative estimate of drug-likeness (QED) is 0.544. The number of unbranched alkanes of at least 4 members (excludes halogenated alkanes) is 3. The molecule has 0 aliphatic heterocycles. The first kappa shape index (κ1) is 17.5. The van der Waals surface area contributed by atoms with E-state index in [9.17, 15) is 0 Å². The lowest BCUT2D eigenvalue weighted by Gasteiger charge is -2.50. The maximum atomic E-state index is 6.85. The van der Waals surface area contributed by atoms with Gasteiger partial charge in [0.25, 0.3) is 0 Å². The van der Waals surface area contributed by atoms with E-state index < -0.39 is 0 Å². The molecule has 0 bridgehead atoms.